The van der Waals surface area contributed by atoms with Gasteiger partial charge >= 0.3 is 0 Å². The van der Waals surface area contributed by atoms with Crippen molar-refractivity contribution in [2.75, 3.05) is 13.1 Å². The summed E-state index contributed by atoms with van der Waals surface area (Å²) in [7, 11) is 0. The van der Waals surface area contributed by atoms with E-state index in [9.17, 15) is 4.79 Å². The summed E-state index contributed by atoms with van der Waals surface area (Å²) in [4.78, 5) is 24.1. The third kappa shape index (κ3) is 2.91. The van der Waals surface area contributed by atoms with Crippen LogP contribution in [0.2, 0.25) is 0 Å². The summed E-state index contributed by atoms with van der Waals surface area (Å²) in [6, 6.07) is 1.63. The molecular formula is C15H17N5O2S. The van der Waals surface area contributed by atoms with E-state index in [4.69, 9.17) is 4.52 Å². The molecule has 3 aromatic rings. The number of thiazole rings is 1. The van der Waals surface area contributed by atoms with Crippen LogP contribution in [0.5, 0.6) is 0 Å². The molecule has 0 saturated carbocycles. The second kappa shape index (κ2) is 5.86. The van der Waals surface area contributed by atoms with Crippen LogP contribution in [-0.2, 0) is 6.54 Å². The van der Waals surface area contributed by atoms with Crippen LogP contribution in [0.3, 0.4) is 0 Å². The average Bonchev–Trinajstić information content (AvgIpc) is 3.16. The first-order chi connectivity index (χ1) is 11.2. The molecular weight excluding hydrogens is 314 g/mol. The Morgan fingerprint density at radius 2 is 2.35 bits per heavy atom. The molecule has 0 aromatic carbocycles. The first-order valence-electron chi connectivity index (χ1n) is 7.67. The van der Waals surface area contributed by atoms with Crippen LogP contribution in [0.4, 0.5) is 0 Å². The molecule has 0 N–H and O–H groups in total. The van der Waals surface area contributed by atoms with E-state index in [1.807, 2.05) is 12.3 Å². The van der Waals surface area contributed by atoms with Gasteiger partial charge in [0.05, 0.1) is 5.69 Å². The molecule has 8 heteroatoms. The lowest BCUT2D eigenvalue weighted by Crippen LogP contribution is -2.35. The Labute approximate surface area is 136 Å². The lowest BCUT2D eigenvalue weighted by Gasteiger charge is -2.30. The highest BCUT2D eigenvalue weighted by atomic mass is 32.1. The Morgan fingerprint density at radius 3 is 3.17 bits per heavy atom. The molecule has 3 aromatic heterocycles. The number of piperidine rings is 1. The second-order valence-electron chi connectivity index (χ2n) is 5.89. The zero-order valence-electron chi connectivity index (χ0n) is 12.8. The topological polar surface area (TPSA) is 76.5 Å². The minimum atomic E-state index is -0.0198. The summed E-state index contributed by atoms with van der Waals surface area (Å²) < 4.78 is 6.67. The minimum Gasteiger partial charge on any atom is -0.340 e. The maximum atomic E-state index is 12.1. The van der Waals surface area contributed by atoms with Crippen LogP contribution in [0.15, 0.2) is 27.0 Å². The predicted molar refractivity (Wildman–Crippen MR) is 85.6 cm³/mol. The quantitative estimate of drug-likeness (QED) is 0.729. The molecule has 1 aliphatic heterocycles. The van der Waals surface area contributed by atoms with Crippen molar-refractivity contribution in [2.24, 2.45) is 0 Å². The Morgan fingerprint density at radius 1 is 1.43 bits per heavy atom. The van der Waals surface area contributed by atoms with Gasteiger partial charge in [-0.1, -0.05) is 5.16 Å². The van der Waals surface area contributed by atoms with E-state index in [-0.39, 0.29) is 11.5 Å². The van der Waals surface area contributed by atoms with Gasteiger partial charge in [-0.05, 0) is 19.4 Å². The number of aromatic nitrogens is 4. The highest BCUT2D eigenvalue weighted by molar-refractivity contribution is 7.15. The molecule has 0 radical (unpaired) electrons. The maximum absolute atomic E-state index is 12.1. The third-order valence-corrected chi connectivity index (χ3v) is 4.91. The van der Waals surface area contributed by atoms with Gasteiger partial charge in [0, 0.05) is 43.6 Å². The summed E-state index contributed by atoms with van der Waals surface area (Å²) in [5, 5.41) is 5.93. The van der Waals surface area contributed by atoms with Crippen LogP contribution in [-0.4, -0.2) is 37.5 Å². The Kier molecular flexibility index (Phi) is 3.70. The summed E-state index contributed by atoms with van der Waals surface area (Å²) in [5.41, 5.74) is 0.802. The van der Waals surface area contributed by atoms with Gasteiger partial charge in [0.15, 0.2) is 10.8 Å². The second-order valence-corrected chi connectivity index (χ2v) is 6.76. The third-order valence-electron chi connectivity index (χ3n) is 4.16. The zero-order chi connectivity index (χ0) is 15.8. The fraction of sp³-hybridized carbons (Fsp3) is 0.467. The van der Waals surface area contributed by atoms with Crippen LogP contribution in [0, 0.1) is 6.92 Å². The number of hydrogen-bond donors (Lipinski definition) is 0. The van der Waals surface area contributed by atoms with Gasteiger partial charge in [-0.25, -0.2) is 4.98 Å². The number of hydrogen-bond acceptors (Lipinski definition) is 7. The van der Waals surface area contributed by atoms with Crippen molar-refractivity contribution in [3.8, 4) is 0 Å². The van der Waals surface area contributed by atoms with Crippen molar-refractivity contribution in [2.45, 2.75) is 32.2 Å². The predicted octanol–water partition coefficient (Wildman–Crippen LogP) is 1.83. The molecule has 0 bridgehead atoms. The summed E-state index contributed by atoms with van der Waals surface area (Å²) >= 11 is 1.48. The van der Waals surface area contributed by atoms with Crippen LogP contribution in [0.1, 0.15) is 36.2 Å². The highest BCUT2D eigenvalue weighted by Crippen LogP contribution is 2.25. The van der Waals surface area contributed by atoms with Crippen molar-refractivity contribution in [3.05, 3.63) is 45.4 Å². The maximum Gasteiger partial charge on any atom is 0.258 e. The summed E-state index contributed by atoms with van der Waals surface area (Å²) in [5.74, 6) is 1.68. The van der Waals surface area contributed by atoms with E-state index >= 15 is 0 Å². The molecule has 0 aliphatic carbocycles. The smallest absolute Gasteiger partial charge is 0.258 e. The van der Waals surface area contributed by atoms with E-state index in [1.54, 1.807) is 16.7 Å². The molecule has 1 saturated heterocycles. The van der Waals surface area contributed by atoms with Gasteiger partial charge in [-0.2, -0.15) is 4.98 Å². The molecule has 120 valence electrons. The SMILES string of the molecule is Cc1nc(C2CCCN(Cc3cc(=O)n4ccsc4n3)C2)no1. The molecule has 0 spiro atoms. The average molecular weight is 331 g/mol. The molecule has 1 unspecified atom stereocenters. The van der Waals surface area contributed by atoms with Crippen LogP contribution < -0.4 is 5.56 Å². The molecule has 4 rings (SSSR count). The largest absolute Gasteiger partial charge is 0.340 e. The molecule has 1 aliphatic rings. The molecule has 1 fully saturated rings. The normalized spacial score (nSPS) is 19.4. The monoisotopic (exact) mass is 331 g/mol. The Balaban J connectivity index is 1.52. The van der Waals surface area contributed by atoms with Crippen molar-refractivity contribution in [1.82, 2.24) is 24.4 Å². The van der Waals surface area contributed by atoms with Crippen LogP contribution >= 0.6 is 11.3 Å². The lowest BCUT2D eigenvalue weighted by atomic mass is 9.97. The van der Waals surface area contributed by atoms with Gasteiger partial charge in [0.25, 0.3) is 5.56 Å². The van der Waals surface area contributed by atoms with Crippen molar-refractivity contribution in [3.63, 3.8) is 0 Å². The first-order valence-corrected chi connectivity index (χ1v) is 8.55. The Bertz CT molecular complexity index is 883. The molecule has 0 amide bonds. The standard InChI is InChI=1S/C15H17N5O2S/c1-10-16-14(18-22-10)11-3-2-4-19(8-11)9-12-7-13(21)20-5-6-23-15(20)17-12/h5-7,11H,2-4,8-9H2,1H3. The Hall–Kier alpha value is -2.06. The number of nitrogens with zero attached hydrogens (tertiary/aromatic N) is 5. The van der Waals surface area contributed by atoms with Gasteiger partial charge in [-0.3, -0.25) is 14.1 Å². The van der Waals surface area contributed by atoms with Crippen molar-refractivity contribution in [1.29, 1.82) is 0 Å². The molecule has 7 nitrogen and oxygen atoms in total. The van der Waals surface area contributed by atoms with E-state index in [1.165, 1.54) is 11.3 Å². The number of fused-ring (bicyclic) bond motifs is 1. The minimum absolute atomic E-state index is 0.0198. The van der Waals surface area contributed by atoms with Crippen molar-refractivity contribution < 1.29 is 4.52 Å². The van der Waals surface area contributed by atoms with E-state index in [0.29, 0.717) is 12.4 Å². The van der Waals surface area contributed by atoms with Gasteiger partial charge in [0.2, 0.25) is 5.89 Å². The number of rotatable bonds is 3. The van der Waals surface area contributed by atoms with Gasteiger partial charge in [0.1, 0.15) is 0 Å². The number of likely N-dealkylation sites (tertiary alicyclic amines) is 1. The first kappa shape index (κ1) is 14.5. The summed E-state index contributed by atoms with van der Waals surface area (Å²) in [6.45, 7) is 4.35. The highest BCUT2D eigenvalue weighted by Gasteiger charge is 2.25. The lowest BCUT2D eigenvalue weighted by molar-refractivity contribution is 0.193. The summed E-state index contributed by atoms with van der Waals surface area (Å²) in [6.07, 6.45) is 3.91. The fourth-order valence-corrected chi connectivity index (χ4v) is 3.83. The molecule has 23 heavy (non-hydrogen) atoms. The van der Waals surface area contributed by atoms with E-state index in [0.717, 1.165) is 42.4 Å². The zero-order valence-corrected chi connectivity index (χ0v) is 13.6. The van der Waals surface area contributed by atoms with Gasteiger partial charge < -0.3 is 4.52 Å². The molecule has 4 heterocycles. The van der Waals surface area contributed by atoms with Crippen molar-refractivity contribution >= 4 is 16.3 Å². The van der Waals surface area contributed by atoms with E-state index in [2.05, 4.69) is 20.0 Å². The number of aryl methyl sites for hydroxylation is 1. The van der Waals surface area contributed by atoms with Crippen LogP contribution in [0.25, 0.3) is 4.96 Å². The van der Waals surface area contributed by atoms with Gasteiger partial charge in [-0.15, -0.1) is 11.3 Å². The molecule has 1 atom stereocenters. The van der Waals surface area contributed by atoms with E-state index < -0.39 is 0 Å². The fourth-order valence-electron chi connectivity index (χ4n) is 3.09.